The van der Waals surface area contributed by atoms with Crippen LogP contribution in [0.25, 0.3) is 0 Å². The van der Waals surface area contributed by atoms with Gasteiger partial charge in [0.25, 0.3) is 0 Å². The van der Waals surface area contributed by atoms with Crippen molar-refractivity contribution in [1.82, 2.24) is 35.1 Å². The minimum absolute atomic E-state index is 0.0390. The number of nitrogens with zero attached hydrogens (tertiary/aromatic N) is 5. The molecule has 0 saturated carbocycles. The van der Waals surface area contributed by atoms with Crippen LogP contribution in [0.2, 0.25) is 0 Å². The molecule has 2 amide bonds. The molecule has 9 nitrogen and oxygen atoms in total. The minimum Gasteiger partial charge on any atom is -0.349 e. The number of likely N-dealkylation sites (tertiary alicyclic amines) is 1. The fraction of sp³-hybridized carbons (Fsp3) is 0.636. The van der Waals surface area contributed by atoms with E-state index in [1.54, 1.807) is 6.20 Å². The van der Waals surface area contributed by atoms with E-state index in [1.165, 1.54) is 0 Å². The zero-order valence-corrected chi connectivity index (χ0v) is 18.0. The summed E-state index contributed by atoms with van der Waals surface area (Å²) in [5, 5.41) is 14.4. The average Bonchev–Trinajstić information content (AvgIpc) is 3.43. The number of aromatic amines is 1. The Bertz CT molecular complexity index is 924. The van der Waals surface area contributed by atoms with E-state index in [9.17, 15) is 9.59 Å². The van der Waals surface area contributed by atoms with Crippen LogP contribution in [0.5, 0.6) is 0 Å². The monoisotopic (exact) mass is 425 g/mol. The van der Waals surface area contributed by atoms with Gasteiger partial charge in [-0.1, -0.05) is 0 Å². The van der Waals surface area contributed by atoms with E-state index in [1.807, 2.05) is 34.8 Å². The molecule has 3 saturated heterocycles. The highest BCUT2D eigenvalue weighted by molar-refractivity contribution is 5.89. The number of nitrogens with one attached hydrogen (secondary N) is 2. The van der Waals surface area contributed by atoms with Gasteiger partial charge < -0.3 is 15.1 Å². The third-order valence-corrected chi connectivity index (χ3v) is 7.12. The van der Waals surface area contributed by atoms with E-state index in [0.29, 0.717) is 18.9 Å². The predicted octanol–water partition coefficient (Wildman–Crippen LogP) is 0.932. The van der Waals surface area contributed by atoms with Crippen molar-refractivity contribution in [3.05, 3.63) is 35.9 Å². The van der Waals surface area contributed by atoms with E-state index in [0.717, 1.165) is 56.8 Å². The van der Waals surface area contributed by atoms with Crippen LogP contribution in [0, 0.1) is 18.8 Å². The number of aryl methyl sites for hydroxylation is 1. The molecule has 3 aliphatic heterocycles. The predicted molar refractivity (Wildman–Crippen MR) is 114 cm³/mol. The lowest BCUT2D eigenvalue weighted by molar-refractivity contribution is -0.160. The number of rotatable bonds is 6. The first-order valence-electron chi connectivity index (χ1n) is 11.4. The molecule has 2 aromatic heterocycles. The smallest absolute Gasteiger partial charge is 0.243 e. The summed E-state index contributed by atoms with van der Waals surface area (Å²) in [6.45, 7) is 6.00. The van der Waals surface area contributed by atoms with Gasteiger partial charge in [-0.2, -0.15) is 10.2 Å². The van der Waals surface area contributed by atoms with Crippen molar-refractivity contribution >= 4 is 11.8 Å². The van der Waals surface area contributed by atoms with Crippen LogP contribution < -0.4 is 5.32 Å². The molecule has 5 heterocycles. The molecule has 2 bridgehead atoms. The lowest BCUT2D eigenvalue weighted by Crippen LogP contribution is -2.68. The largest absolute Gasteiger partial charge is 0.349 e. The Hall–Kier alpha value is -2.68. The van der Waals surface area contributed by atoms with Gasteiger partial charge in [0.05, 0.1) is 24.5 Å². The summed E-state index contributed by atoms with van der Waals surface area (Å²) < 4.78 is 1.99. The summed E-state index contributed by atoms with van der Waals surface area (Å²) in [5.74, 6) is 0.716. The maximum atomic E-state index is 13.3. The SMILES string of the molecule is Cc1ccn(CCN2C[C@@H]3C[C@H](C2)[C@H](C(=O)NCc2ccn[nH]2)N2C(=O)CCC[C@@H]32)n1. The molecule has 3 aliphatic rings. The third-order valence-electron chi connectivity index (χ3n) is 7.12. The van der Waals surface area contributed by atoms with Gasteiger partial charge in [0.15, 0.2) is 0 Å². The maximum Gasteiger partial charge on any atom is 0.243 e. The van der Waals surface area contributed by atoms with Crippen molar-refractivity contribution in [1.29, 1.82) is 0 Å². The van der Waals surface area contributed by atoms with Crippen molar-refractivity contribution in [2.24, 2.45) is 11.8 Å². The molecule has 3 fully saturated rings. The molecule has 0 radical (unpaired) electrons. The van der Waals surface area contributed by atoms with Gasteiger partial charge >= 0.3 is 0 Å². The summed E-state index contributed by atoms with van der Waals surface area (Å²) in [5.41, 5.74) is 1.89. The van der Waals surface area contributed by atoms with Crippen molar-refractivity contribution < 1.29 is 9.59 Å². The Morgan fingerprint density at radius 2 is 2.13 bits per heavy atom. The minimum atomic E-state index is -0.383. The standard InChI is InChI=1S/C22H31N7O2/c1-15-6-8-28(26-15)10-9-27-13-16-11-17(14-27)21(29-19(16)3-2-4-20(29)30)22(31)23-12-18-5-7-24-25-18/h5-8,16-17,19,21H,2-4,9-14H2,1H3,(H,23,31)(H,24,25)/t16-,17+,19-,21+/m0/s1. The summed E-state index contributed by atoms with van der Waals surface area (Å²) in [6.07, 6.45) is 7.21. The van der Waals surface area contributed by atoms with E-state index in [-0.39, 0.29) is 29.8 Å². The number of fused-ring (bicyclic) bond motifs is 4. The van der Waals surface area contributed by atoms with E-state index in [2.05, 4.69) is 25.5 Å². The normalized spacial score (nSPS) is 28.4. The van der Waals surface area contributed by atoms with Crippen molar-refractivity contribution in [3.63, 3.8) is 0 Å². The molecule has 5 rings (SSSR count). The fourth-order valence-corrected chi connectivity index (χ4v) is 5.77. The van der Waals surface area contributed by atoms with Gasteiger partial charge in [0, 0.05) is 50.4 Å². The molecule has 0 aliphatic carbocycles. The van der Waals surface area contributed by atoms with E-state index >= 15 is 0 Å². The molecule has 31 heavy (non-hydrogen) atoms. The molecule has 0 unspecified atom stereocenters. The highest BCUT2D eigenvalue weighted by Crippen LogP contribution is 2.41. The van der Waals surface area contributed by atoms with Gasteiger partial charge in [0.2, 0.25) is 11.8 Å². The number of piperidine rings is 3. The van der Waals surface area contributed by atoms with Crippen molar-refractivity contribution in [3.8, 4) is 0 Å². The second-order valence-electron chi connectivity index (χ2n) is 9.24. The number of hydrogen-bond donors (Lipinski definition) is 2. The summed E-state index contributed by atoms with van der Waals surface area (Å²) in [7, 11) is 0. The van der Waals surface area contributed by atoms with Gasteiger partial charge in [-0.3, -0.25) is 19.4 Å². The molecule has 166 valence electrons. The van der Waals surface area contributed by atoms with Gasteiger partial charge in [-0.15, -0.1) is 0 Å². The summed E-state index contributed by atoms with van der Waals surface area (Å²) >= 11 is 0. The number of H-pyrrole nitrogens is 1. The number of carbonyl (C=O) groups is 2. The number of amides is 2. The van der Waals surface area contributed by atoms with Crippen LogP contribution in [0.3, 0.4) is 0 Å². The average molecular weight is 426 g/mol. The molecule has 9 heteroatoms. The quantitative estimate of drug-likeness (QED) is 0.717. The Morgan fingerprint density at radius 1 is 1.26 bits per heavy atom. The molecule has 0 spiro atoms. The molecular weight excluding hydrogens is 394 g/mol. The van der Waals surface area contributed by atoms with Gasteiger partial charge in [-0.05, 0) is 44.2 Å². The first-order chi connectivity index (χ1) is 15.1. The molecule has 4 atom stereocenters. The summed E-state index contributed by atoms with van der Waals surface area (Å²) in [6, 6.07) is 3.67. The Balaban J connectivity index is 1.31. The second kappa shape index (κ2) is 8.45. The molecule has 0 aromatic carbocycles. The Labute approximate surface area is 182 Å². The van der Waals surface area contributed by atoms with E-state index < -0.39 is 0 Å². The first kappa shape index (κ1) is 20.2. The van der Waals surface area contributed by atoms with Crippen LogP contribution in [-0.4, -0.2) is 73.3 Å². The Morgan fingerprint density at radius 3 is 2.90 bits per heavy atom. The second-order valence-corrected chi connectivity index (χ2v) is 9.24. The molecule has 2 N–H and O–H groups in total. The maximum absolute atomic E-state index is 13.3. The highest BCUT2D eigenvalue weighted by Gasteiger charge is 2.51. The van der Waals surface area contributed by atoms with Crippen LogP contribution in [0.4, 0.5) is 0 Å². The van der Waals surface area contributed by atoms with Gasteiger partial charge in [-0.25, -0.2) is 0 Å². The zero-order valence-electron chi connectivity index (χ0n) is 18.0. The van der Waals surface area contributed by atoms with Crippen LogP contribution >= 0.6 is 0 Å². The molecular formula is C22H31N7O2. The highest BCUT2D eigenvalue weighted by atomic mass is 16.2. The number of carbonyl (C=O) groups excluding carboxylic acids is 2. The van der Waals surface area contributed by atoms with Crippen LogP contribution in [0.1, 0.15) is 37.1 Å². The summed E-state index contributed by atoms with van der Waals surface area (Å²) in [4.78, 5) is 30.6. The number of hydrogen-bond acceptors (Lipinski definition) is 5. The van der Waals surface area contributed by atoms with Crippen LogP contribution in [0.15, 0.2) is 24.5 Å². The lowest BCUT2D eigenvalue weighted by atomic mass is 9.71. The first-order valence-corrected chi connectivity index (χ1v) is 11.4. The zero-order chi connectivity index (χ0) is 21.4. The van der Waals surface area contributed by atoms with Crippen molar-refractivity contribution in [2.75, 3.05) is 19.6 Å². The van der Waals surface area contributed by atoms with E-state index in [4.69, 9.17) is 0 Å². The van der Waals surface area contributed by atoms with Gasteiger partial charge in [0.1, 0.15) is 6.04 Å². The van der Waals surface area contributed by atoms with Crippen LogP contribution in [-0.2, 0) is 22.7 Å². The van der Waals surface area contributed by atoms with Crippen molar-refractivity contribution in [2.45, 2.75) is 57.8 Å². The fourth-order valence-electron chi connectivity index (χ4n) is 5.77. The molecule has 2 aromatic rings. The third kappa shape index (κ3) is 4.11. The number of aromatic nitrogens is 4. The lowest BCUT2D eigenvalue weighted by Gasteiger charge is -2.55. The topological polar surface area (TPSA) is 99.1 Å². The Kier molecular flexibility index (Phi) is 5.52.